The van der Waals surface area contributed by atoms with E-state index < -0.39 is 0 Å². The molecule has 0 radical (unpaired) electrons. The summed E-state index contributed by atoms with van der Waals surface area (Å²) in [6, 6.07) is 0. The summed E-state index contributed by atoms with van der Waals surface area (Å²) in [6.45, 7) is 0.0972. The molecule has 1 rings (SSSR count). The second-order valence-corrected chi connectivity index (χ2v) is 3.44. The van der Waals surface area contributed by atoms with E-state index in [2.05, 4.69) is 15.9 Å². The molecule has 1 aliphatic rings. The van der Waals surface area contributed by atoms with Gasteiger partial charge in [-0.25, -0.2) is 0 Å². The Labute approximate surface area is 74.7 Å². The van der Waals surface area contributed by atoms with Gasteiger partial charge in [0.15, 0.2) is 0 Å². The monoisotopic (exact) mass is 218 g/mol. The quantitative estimate of drug-likeness (QED) is 0.769. The molecule has 1 N–H and O–H groups in total. The Balaban J connectivity index is 2.83. The summed E-state index contributed by atoms with van der Waals surface area (Å²) in [5, 5.41) is 8.90. The molecule has 2 nitrogen and oxygen atoms in total. The fraction of sp³-hybridized carbons (Fsp3) is 0.500. The number of rotatable bonds is 2. The van der Waals surface area contributed by atoms with Crippen LogP contribution in [-0.2, 0) is 4.74 Å². The molecule has 0 atom stereocenters. The molecule has 0 aromatic rings. The lowest BCUT2D eigenvalue weighted by Gasteiger charge is -2.14. The number of aliphatic hydroxyl groups excluding tert-OH is 1. The fourth-order valence-electron chi connectivity index (χ4n) is 1.07. The van der Waals surface area contributed by atoms with Crippen molar-refractivity contribution in [1.29, 1.82) is 0 Å². The molecule has 0 bridgehead atoms. The first-order valence-electron chi connectivity index (χ1n) is 3.51. The maximum absolute atomic E-state index is 8.90. The van der Waals surface area contributed by atoms with Crippen molar-refractivity contribution in [3.05, 3.63) is 21.9 Å². The van der Waals surface area contributed by atoms with Gasteiger partial charge < -0.3 is 9.84 Å². The van der Waals surface area contributed by atoms with Crippen LogP contribution in [0.5, 0.6) is 0 Å². The van der Waals surface area contributed by atoms with Gasteiger partial charge in [-0.1, -0.05) is 15.9 Å². The first-order valence-corrected chi connectivity index (χ1v) is 4.30. The van der Waals surface area contributed by atoms with Gasteiger partial charge in [0.1, 0.15) is 5.76 Å². The Hall–Kier alpha value is -0.280. The zero-order valence-electron chi connectivity index (χ0n) is 6.43. The maximum Gasteiger partial charge on any atom is 0.121 e. The van der Waals surface area contributed by atoms with E-state index >= 15 is 0 Å². The molecular formula is C8H11BrO2. The molecular weight excluding hydrogens is 208 g/mol. The van der Waals surface area contributed by atoms with Crippen LogP contribution in [0.4, 0.5) is 0 Å². The summed E-state index contributed by atoms with van der Waals surface area (Å²) in [5.41, 5.74) is 0.982. The highest BCUT2D eigenvalue weighted by molar-refractivity contribution is 9.11. The summed E-state index contributed by atoms with van der Waals surface area (Å²) in [6.07, 6.45) is 3.76. The lowest BCUT2D eigenvalue weighted by molar-refractivity contribution is 0.274. The van der Waals surface area contributed by atoms with Crippen molar-refractivity contribution in [2.75, 3.05) is 13.7 Å². The third-order valence-corrected chi connectivity index (χ3v) is 2.34. The van der Waals surface area contributed by atoms with Crippen molar-refractivity contribution in [1.82, 2.24) is 0 Å². The Morgan fingerprint density at radius 2 is 2.36 bits per heavy atom. The van der Waals surface area contributed by atoms with Crippen LogP contribution >= 0.6 is 15.9 Å². The lowest BCUT2D eigenvalue weighted by Crippen LogP contribution is -2.02. The first kappa shape index (κ1) is 8.81. The summed E-state index contributed by atoms with van der Waals surface area (Å²) in [4.78, 5) is 0. The van der Waals surface area contributed by atoms with Crippen molar-refractivity contribution in [3.63, 3.8) is 0 Å². The van der Waals surface area contributed by atoms with E-state index in [1.165, 1.54) is 0 Å². The van der Waals surface area contributed by atoms with Crippen LogP contribution < -0.4 is 0 Å². The van der Waals surface area contributed by atoms with Gasteiger partial charge in [0.25, 0.3) is 0 Å². The number of halogens is 1. The van der Waals surface area contributed by atoms with Gasteiger partial charge in [0, 0.05) is 0 Å². The average Bonchev–Trinajstić information content (AvgIpc) is 2.04. The molecule has 3 heteroatoms. The minimum Gasteiger partial charge on any atom is -0.497 e. The van der Waals surface area contributed by atoms with Crippen LogP contribution in [0.2, 0.25) is 0 Å². The molecule has 0 unspecified atom stereocenters. The van der Waals surface area contributed by atoms with E-state index in [0.29, 0.717) is 0 Å². The third-order valence-electron chi connectivity index (χ3n) is 1.71. The Bertz CT molecular complexity index is 206. The van der Waals surface area contributed by atoms with Crippen LogP contribution in [0.25, 0.3) is 0 Å². The zero-order valence-corrected chi connectivity index (χ0v) is 8.02. The highest BCUT2D eigenvalue weighted by atomic mass is 79.9. The maximum atomic E-state index is 8.90. The second kappa shape index (κ2) is 3.93. The molecule has 0 aromatic carbocycles. The standard InChI is InChI=1S/C8H11BrO2/c1-11-8-4-7(9)3-2-6(8)5-10/h4,10H,2-3,5H2,1H3. The van der Waals surface area contributed by atoms with E-state index in [1.807, 2.05) is 6.08 Å². The number of hydrogen-bond donors (Lipinski definition) is 1. The molecule has 0 aromatic heterocycles. The number of methoxy groups -OCH3 is 1. The van der Waals surface area contributed by atoms with E-state index in [0.717, 1.165) is 28.7 Å². The average molecular weight is 219 g/mol. The molecule has 0 saturated carbocycles. The highest BCUT2D eigenvalue weighted by Gasteiger charge is 2.10. The smallest absolute Gasteiger partial charge is 0.121 e. The molecule has 0 fully saturated rings. The van der Waals surface area contributed by atoms with Crippen LogP contribution in [0.15, 0.2) is 21.9 Å². The van der Waals surface area contributed by atoms with E-state index in [-0.39, 0.29) is 6.61 Å². The van der Waals surface area contributed by atoms with Crippen molar-refractivity contribution >= 4 is 15.9 Å². The largest absolute Gasteiger partial charge is 0.497 e. The van der Waals surface area contributed by atoms with Gasteiger partial charge in [-0.3, -0.25) is 0 Å². The topological polar surface area (TPSA) is 29.5 Å². The molecule has 0 saturated heterocycles. The molecule has 11 heavy (non-hydrogen) atoms. The van der Waals surface area contributed by atoms with Crippen LogP contribution in [0.1, 0.15) is 12.8 Å². The Morgan fingerprint density at radius 1 is 1.64 bits per heavy atom. The van der Waals surface area contributed by atoms with Crippen LogP contribution in [-0.4, -0.2) is 18.8 Å². The predicted octanol–water partition coefficient (Wildman–Crippen LogP) is 1.95. The van der Waals surface area contributed by atoms with Crippen molar-refractivity contribution in [3.8, 4) is 0 Å². The second-order valence-electron chi connectivity index (χ2n) is 2.42. The number of hydrogen-bond acceptors (Lipinski definition) is 2. The summed E-state index contributed by atoms with van der Waals surface area (Å²) < 4.78 is 6.21. The normalized spacial score (nSPS) is 18.3. The molecule has 0 heterocycles. The van der Waals surface area contributed by atoms with E-state index in [9.17, 15) is 0 Å². The summed E-state index contributed by atoms with van der Waals surface area (Å²) in [5.74, 6) is 0.797. The highest BCUT2D eigenvalue weighted by Crippen LogP contribution is 2.27. The van der Waals surface area contributed by atoms with Crippen LogP contribution in [0, 0.1) is 0 Å². The summed E-state index contributed by atoms with van der Waals surface area (Å²) in [7, 11) is 1.62. The van der Waals surface area contributed by atoms with Crippen molar-refractivity contribution in [2.24, 2.45) is 0 Å². The lowest BCUT2D eigenvalue weighted by atomic mass is 10.0. The summed E-state index contributed by atoms with van der Waals surface area (Å²) >= 11 is 3.39. The molecule has 0 aliphatic heterocycles. The predicted molar refractivity (Wildman–Crippen MR) is 47.4 cm³/mol. The molecule has 0 amide bonds. The van der Waals surface area contributed by atoms with E-state index in [1.54, 1.807) is 7.11 Å². The number of ether oxygens (including phenoxy) is 1. The molecule has 1 aliphatic carbocycles. The third kappa shape index (κ3) is 2.07. The van der Waals surface area contributed by atoms with E-state index in [4.69, 9.17) is 9.84 Å². The molecule has 0 spiro atoms. The van der Waals surface area contributed by atoms with Crippen molar-refractivity contribution in [2.45, 2.75) is 12.8 Å². The minimum atomic E-state index is 0.0972. The Morgan fingerprint density at radius 3 is 2.91 bits per heavy atom. The SMILES string of the molecule is COC1=C(CO)CCC(Br)=C1. The van der Waals surface area contributed by atoms with Gasteiger partial charge in [0.05, 0.1) is 13.7 Å². The van der Waals surface area contributed by atoms with Gasteiger partial charge >= 0.3 is 0 Å². The Kier molecular flexibility index (Phi) is 3.15. The van der Waals surface area contributed by atoms with Gasteiger partial charge in [0.2, 0.25) is 0 Å². The first-order chi connectivity index (χ1) is 5.27. The number of aliphatic hydroxyl groups is 1. The van der Waals surface area contributed by atoms with Gasteiger partial charge in [-0.15, -0.1) is 0 Å². The van der Waals surface area contributed by atoms with Gasteiger partial charge in [-0.05, 0) is 29.0 Å². The van der Waals surface area contributed by atoms with Crippen LogP contribution in [0.3, 0.4) is 0 Å². The zero-order chi connectivity index (χ0) is 8.27. The number of allylic oxidation sites excluding steroid dienone is 2. The van der Waals surface area contributed by atoms with Gasteiger partial charge in [-0.2, -0.15) is 0 Å². The minimum absolute atomic E-state index is 0.0972. The fourth-order valence-corrected chi connectivity index (χ4v) is 1.48. The molecule has 62 valence electrons. The van der Waals surface area contributed by atoms with Crippen molar-refractivity contribution < 1.29 is 9.84 Å².